The highest BCUT2D eigenvalue weighted by Crippen LogP contribution is 2.11. The highest BCUT2D eigenvalue weighted by molar-refractivity contribution is 5.81. The Morgan fingerprint density at radius 3 is 2.80 bits per heavy atom. The van der Waals surface area contributed by atoms with E-state index in [0.717, 1.165) is 0 Å². The minimum Gasteiger partial charge on any atom is -0.399 e. The quantitative estimate of drug-likeness (QED) is 0.656. The molecule has 3 N–H and O–H groups in total. The molecule has 0 saturated carbocycles. The highest BCUT2D eigenvalue weighted by atomic mass is 16.2. The van der Waals surface area contributed by atoms with E-state index in [-0.39, 0.29) is 5.56 Å². The van der Waals surface area contributed by atoms with Gasteiger partial charge in [-0.3, -0.25) is 14.3 Å². The van der Waals surface area contributed by atoms with Crippen molar-refractivity contribution in [3.63, 3.8) is 0 Å². The Morgan fingerprint density at radius 1 is 1.40 bits per heavy atom. The fourth-order valence-corrected chi connectivity index (χ4v) is 1.62. The van der Waals surface area contributed by atoms with Crippen LogP contribution in [-0.4, -0.2) is 9.55 Å². The maximum atomic E-state index is 11.5. The molecule has 78 valence electrons. The zero-order chi connectivity index (χ0) is 11.0. The summed E-state index contributed by atoms with van der Waals surface area (Å²) in [7, 11) is 0. The van der Waals surface area contributed by atoms with Crippen LogP contribution >= 0.6 is 0 Å². The van der Waals surface area contributed by atoms with Crippen molar-refractivity contribution in [3.05, 3.63) is 39.0 Å². The number of nitrogens with two attached hydrogens (primary N) is 1. The molecule has 1 aromatic heterocycles. The predicted molar refractivity (Wildman–Crippen MR) is 58.9 cm³/mol. The highest BCUT2D eigenvalue weighted by Gasteiger charge is 2.05. The molecule has 0 saturated heterocycles. The third kappa shape index (κ3) is 1.41. The summed E-state index contributed by atoms with van der Waals surface area (Å²) in [5, 5.41) is 0.477. The SMILES string of the molecule is CCn1c(=O)[nH]c(=O)c2ccc(N)cc21. The largest absolute Gasteiger partial charge is 0.399 e. The first-order chi connectivity index (χ1) is 7.13. The van der Waals surface area contributed by atoms with Gasteiger partial charge in [-0.15, -0.1) is 0 Å². The molecule has 0 aliphatic carbocycles. The van der Waals surface area contributed by atoms with E-state index < -0.39 is 5.69 Å². The molecule has 0 unspecified atom stereocenters. The molecule has 0 aliphatic heterocycles. The average Bonchev–Trinajstić information content (AvgIpc) is 2.17. The van der Waals surface area contributed by atoms with Gasteiger partial charge < -0.3 is 5.73 Å². The minimum absolute atomic E-state index is 0.375. The maximum absolute atomic E-state index is 11.5. The molecule has 5 heteroatoms. The summed E-state index contributed by atoms with van der Waals surface area (Å²) >= 11 is 0. The number of anilines is 1. The lowest BCUT2D eigenvalue weighted by Gasteiger charge is -2.06. The first kappa shape index (κ1) is 9.51. The van der Waals surface area contributed by atoms with Crippen molar-refractivity contribution in [3.8, 4) is 0 Å². The predicted octanol–water partition coefficient (Wildman–Crippen LogP) is 0.292. The second-order valence-electron chi connectivity index (χ2n) is 3.28. The zero-order valence-corrected chi connectivity index (χ0v) is 8.28. The summed E-state index contributed by atoms with van der Waals surface area (Å²) in [6, 6.07) is 4.90. The third-order valence-electron chi connectivity index (χ3n) is 2.34. The summed E-state index contributed by atoms with van der Waals surface area (Å²) in [5.41, 5.74) is 5.95. The van der Waals surface area contributed by atoms with E-state index in [9.17, 15) is 9.59 Å². The molecule has 0 aliphatic rings. The van der Waals surface area contributed by atoms with E-state index in [1.54, 1.807) is 18.2 Å². The summed E-state index contributed by atoms with van der Waals surface area (Å²) < 4.78 is 1.48. The van der Waals surface area contributed by atoms with Crippen LogP contribution in [-0.2, 0) is 6.54 Å². The number of nitrogen functional groups attached to an aromatic ring is 1. The molecule has 0 atom stereocenters. The van der Waals surface area contributed by atoms with E-state index in [4.69, 9.17) is 5.73 Å². The van der Waals surface area contributed by atoms with Crippen molar-refractivity contribution in [1.82, 2.24) is 9.55 Å². The summed E-state index contributed by atoms with van der Waals surface area (Å²) in [6.07, 6.45) is 0. The Morgan fingerprint density at radius 2 is 2.13 bits per heavy atom. The Kier molecular flexibility index (Phi) is 2.07. The van der Waals surface area contributed by atoms with Crippen molar-refractivity contribution in [2.75, 3.05) is 5.73 Å². The lowest BCUT2D eigenvalue weighted by atomic mass is 10.2. The molecule has 0 spiro atoms. The van der Waals surface area contributed by atoms with Gasteiger partial charge in [0.25, 0.3) is 5.56 Å². The van der Waals surface area contributed by atoms with Crippen LogP contribution in [0.4, 0.5) is 5.69 Å². The second-order valence-corrected chi connectivity index (χ2v) is 3.28. The van der Waals surface area contributed by atoms with Gasteiger partial charge in [0.15, 0.2) is 0 Å². The van der Waals surface area contributed by atoms with Gasteiger partial charge in [-0.05, 0) is 25.1 Å². The number of H-pyrrole nitrogens is 1. The smallest absolute Gasteiger partial charge is 0.328 e. The van der Waals surface area contributed by atoms with E-state index >= 15 is 0 Å². The molecule has 1 aromatic carbocycles. The number of aromatic amines is 1. The van der Waals surface area contributed by atoms with Gasteiger partial charge in [0.1, 0.15) is 0 Å². The van der Waals surface area contributed by atoms with E-state index in [1.807, 2.05) is 6.92 Å². The van der Waals surface area contributed by atoms with Crippen LogP contribution in [0.25, 0.3) is 10.9 Å². The fraction of sp³-hybridized carbons (Fsp3) is 0.200. The molecule has 5 nitrogen and oxygen atoms in total. The van der Waals surface area contributed by atoms with Crippen LogP contribution in [0.1, 0.15) is 6.92 Å². The van der Waals surface area contributed by atoms with Crippen LogP contribution in [0.3, 0.4) is 0 Å². The van der Waals surface area contributed by atoms with Crippen molar-refractivity contribution >= 4 is 16.6 Å². The first-order valence-corrected chi connectivity index (χ1v) is 4.66. The summed E-state index contributed by atoms with van der Waals surface area (Å²) in [6.45, 7) is 2.33. The molecule has 2 aromatic rings. The second kappa shape index (κ2) is 3.27. The van der Waals surface area contributed by atoms with Crippen LogP contribution < -0.4 is 17.0 Å². The molecule has 15 heavy (non-hydrogen) atoms. The van der Waals surface area contributed by atoms with Crippen LogP contribution in [0, 0.1) is 0 Å². The number of fused-ring (bicyclic) bond motifs is 1. The third-order valence-corrected chi connectivity index (χ3v) is 2.34. The number of aromatic nitrogens is 2. The van der Waals surface area contributed by atoms with Gasteiger partial charge in [-0.2, -0.15) is 0 Å². The van der Waals surface area contributed by atoms with Gasteiger partial charge in [0, 0.05) is 12.2 Å². The molecule has 1 heterocycles. The monoisotopic (exact) mass is 205 g/mol. The van der Waals surface area contributed by atoms with Crippen molar-refractivity contribution in [1.29, 1.82) is 0 Å². The van der Waals surface area contributed by atoms with Crippen LogP contribution in [0.15, 0.2) is 27.8 Å². The number of nitrogens with zero attached hydrogens (tertiary/aromatic N) is 1. The number of nitrogens with one attached hydrogen (secondary N) is 1. The molecule has 0 fully saturated rings. The molecule has 0 amide bonds. The van der Waals surface area contributed by atoms with Crippen molar-refractivity contribution < 1.29 is 0 Å². The molecule has 0 radical (unpaired) electrons. The van der Waals surface area contributed by atoms with Crippen LogP contribution in [0.5, 0.6) is 0 Å². The Bertz CT molecular complexity index is 625. The molecule has 2 rings (SSSR count). The Labute approximate surface area is 85.2 Å². The Balaban J connectivity index is 3.05. The standard InChI is InChI=1S/C10H11N3O2/c1-2-13-8-5-6(11)3-4-7(8)9(14)12-10(13)15/h3-5H,2,11H2,1H3,(H,12,14,15). The lowest BCUT2D eigenvalue weighted by molar-refractivity contribution is 0.727. The van der Waals surface area contributed by atoms with E-state index in [2.05, 4.69) is 4.98 Å². The molecular formula is C10H11N3O2. The number of rotatable bonds is 1. The van der Waals surface area contributed by atoms with Crippen molar-refractivity contribution in [2.45, 2.75) is 13.5 Å². The fourth-order valence-electron chi connectivity index (χ4n) is 1.62. The number of hydrogen-bond acceptors (Lipinski definition) is 3. The minimum atomic E-state index is -0.402. The first-order valence-electron chi connectivity index (χ1n) is 4.66. The van der Waals surface area contributed by atoms with E-state index in [1.165, 1.54) is 4.57 Å². The zero-order valence-electron chi connectivity index (χ0n) is 8.28. The normalized spacial score (nSPS) is 10.7. The average molecular weight is 205 g/mol. The van der Waals surface area contributed by atoms with Gasteiger partial charge in [-0.25, -0.2) is 4.79 Å². The summed E-state index contributed by atoms with van der Waals surface area (Å²) in [4.78, 5) is 25.2. The van der Waals surface area contributed by atoms with Crippen molar-refractivity contribution in [2.24, 2.45) is 0 Å². The molecule has 0 bridgehead atoms. The Hall–Kier alpha value is -2.04. The number of benzene rings is 1. The van der Waals surface area contributed by atoms with Crippen LogP contribution in [0.2, 0.25) is 0 Å². The van der Waals surface area contributed by atoms with Gasteiger partial charge in [0.05, 0.1) is 10.9 Å². The van der Waals surface area contributed by atoms with Gasteiger partial charge in [-0.1, -0.05) is 0 Å². The molecular weight excluding hydrogens is 194 g/mol. The van der Waals surface area contributed by atoms with E-state index in [0.29, 0.717) is 23.1 Å². The van der Waals surface area contributed by atoms with Gasteiger partial charge in [0.2, 0.25) is 0 Å². The summed E-state index contributed by atoms with van der Waals surface area (Å²) in [5.74, 6) is 0. The number of aryl methyl sites for hydroxylation is 1. The maximum Gasteiger partial charge on any atom is 0.328 e. The number of hydrogen-bond donors (Lipinski definition) is 2. The lowest BCUT2D eigenvalue weighted by Crippen LogP contribution is -2.29. The topological polar surface area (TPSA) is 80.9 Å². The van der Waals surface area contributed by atoms with Gasteiger partial charge >= 0.3 is 5.69 Å².